The first-order valence-corrected chi connectivity index (χ1v) is 13.9. The maximum absolute atomic E-state index is 12.3. The number of aromatic nitrogens is 2. The molecule has 0 fully saturated rings. The SMILES string of the molecule is Cc1ccc(C(=O)NCCCCCc2nc3ccccc3n2CCCOc2cc(C)ccc2C(C)C)cc1. The summed E-state index contributed by atoms with van der Waals surface area (Å²) in [6.07, 6.45) is 4.90. The van der Waals surface area contributed by atoms with Crippen LogP contribution in [0.1, 0.15) is 78.3 Å². The van der Waals surface area contributed by atoms with Crippen molar-refractivity contribution in [2.75, 3.05) is 13.2 Å². The molecule has 38 heavy (non-hydrogen) atoms. The van der Waals surface area contributed by atoms with Crippen molar-refractivity contribution in [3.8, 4) is 5.75 Å². The van der Waals surface area contributed by atoms with E-state index in [1.807, 2.05) is 31.2 Å². The second-order valence-electron chi connectivity index (χ2n) is 10.5. The molecule has 0 aliphatic rings. The van der Waals surface area contributed by atoms with Crippen LogP contribution in [-0.2, 0) is 13.0 Å². The van der Waals surface area contributed by atoms with Crippen LogP contribution >= 0.6 is 0 Å². The van der Waals surface area contributed by atoms with E-state index in [0.29, 0.717) is 19.1 Å². The van der Waals surface area contributed by atoms with E-state index in [0.717, 1.165) is 66.9 Å². The summed E-state index contributed by atoms with van der Waals surface area (Å²) in [5, 5.41) is 3.04. The molecule has 1 N–H and O–H groups in total. The molecule has 0 radical (unpaired) electrons. The van der Waals surface area contributed by atoms with E-state index in [1.54, 1.807) is 0 Å². The molecule has 0 saturated heterocycles. The number of fused-ring (bicyclic) bond motifs is 1. The van der Waals surface area contributed by atoms with Crippen molar-refractivity contribution in [1.82, 2.24) is 14.9 Å². The van der Waals surface area contributed by atoms with Crippen molar-refractivity contribution in [3.05, 3.63) is 94.8 Å². The Hall–Kier alpha value is -3.60. The monoisotopic (exact) mass is 511 g/mol. The molecular formula is C33H41N3O2. The lowest BCUT2D eigenvalue weighted by atomic mass is 10.0. The average molecular weight is 512 g/mol. The summed E-state index contributed by atoms with van der Waals surface area (Å²) in [7, 11) is 0. The van der Waals surface area contributed by atoms with Crippen LogP contribution in [0.3, 0.4) is 0 Å². The number of carbonyl (C=O) groups excluding carboxylic acids is 1. The summed E-state index contributed by atoms with van der Waals surface area (Å²) in [5.74, 6) is 2.57. The predicted octanol–water partition coefficient (Wildman–Crippen LogP) is 7.39. The third-order valence-corrected chi connectivity index (χ3v) is 6.98. The first-order valence-electron chi connectivity index (χ1n) is 13.9. The van der Waals surface area contributed by atoms with Crippen LogP contribution in [0.25, 0.3) is 11.0 Å². The van der Waals surface area contributed by atoms with Crippen LogP contribution in [0.5, 0.6) is 5.75 Å². The highest BCUT2D eigenvalue weighted by molar-refractivity contribution is 5.94. The number of carbonyl (C=O) groups is 1. The Bertz CT molecular complexity index is 1340. The van der Waals surface area contributed by atoms with Crippen molar-refractivity contribution in [2.45, 2.75) is 72.3 Å². The molecule has 0 spiro atoms. The third-order valence-electron chi connectivity index (χ3n) is 6.98. The van der Waals surface area contributed by atoms with Gasteiger partial charge in [0.25, 0.3) is 5.91 Å². The number of nitrogens with zero attached hydrogens (tertiary/aromatic N) is 2. The molecule has 1 aromatic heterocycles. The van der Waals surface area contributed by atoms with E-state index in [1.165, 1.54) is 16.6 Å². The van der Waals surface area contributed by atoms with E-state index < -0.39 is 0 Å². The Kier molecular flexibility index (Phi) is 9.58. The lowest BCUT2D eigenvalue weighted by Crippen LogP contribution is -2.24. The number of unbranched alkanes of at least 4 members (excludes halogenated alkanes) is 2. The predicted molar refractivity (Wildman–Crippen MR) is 156 cm³/mol. The molecule has 0 saturated carbocycles. The zero-order valence-electron chi connectivity index (χ0n) is 23.3. The van der Waals surface area contributed by atoms with Crippen molar-refractivity contribution < 1.29 is 9.53 Å². The highest BCUT2D eigenvalue weighted by Crippen LogP contribution is 2.28. The van der Waals surface area contributed by atoms with Gasteiger partial charge in [0, 0.05) is 25.1 Å². The number of imidazole rings is 1. The average Bonchev–Trinajstić information content (AvgIpc) is 3.26. The minimum absolute atomic E-state index is 0.000176. The first kappa shape index (κ1) is 27.4. The molecule has 4 aromatic rings. The van der Waals surface area contributed by atoms with Crippen LogP contribution in [0.2, 0.25) is 0 Å². The lowest BCUT2D eigenvalue weighted by Gasteiger charge is -2.15. The molecule has 0 atom stereocenters. The maximum Gasteiger partial charge on any atom is 0.251 e. The van der Waals surface area contributed by atoms with Crippen molar-refractivity contribution in [3.63, 3.8) is 0 Å². The standard InChI is InChI=1S/C33H41N3O2/c1-24(2)28-19-16-26(4)23-31(28)38-22-10-21-36-30-12-8-7-11-29(30)35-32(36)13-6-5-9-20-34-33(37)27-17-14-25(3)15-18-27/h7-8,11-12,14-19,23-24H,5-6,9-10,13,20-22H2,1-4H3,(H,34,37). The number of ether oxygens (including phenoxy) is 1. The summed E-state index contributed by atoms with van der Waals surface area (Å²) in [4.78, 5) is 17.2. The molecule has 4 rings (SSSR count). The molecule has 3 aromatic carbocycles. The van der Waals surface area contributed by atoms with E-state index in [4.69, 9.17) is 9.72 Å². The van der Waals surface area contributed by atoms with Crippen LogP contribution in [0, 0.1) is 13.8 Å². The topological polar surface area (TPSA) is 56.2 Å². The van der Waals surface area contributed by atoms with Gasteiger partial charge in [-0.1, -0.05) is 62.2 Å². The van der Waals surface area contributed by atoms with E-state index in [9.17, 15) is 4.79 Å². The number of nitrogens with one attached hydrogen (secondary N) is 1. The summed E-state index contributed by atoms with van der Waals surface area (Å²) >= 11 is 0. The zero-order valence-corrected chi connectivity index (χ0v) is 23.3. The van der Waals surface area contributed by atoms with Gasteiger partial charge in [0.15, 0.2) is 0 Å². The molecule has 0 bridgehead atoms. The number of amides is 1. The molecule has 200 valence electrons. The van der Waals surface area contributed by atoms with Gasteiger partial charge in [-0.05, 0) is 80.5 Å². The van der Waals surface area contributed by atoms with Crippen molar-refractivity contribution in [2.24, 2.45) is 0 Å². The summed E-state index contributed by atoms with van der Waals surface area (Å²) in [6, 6.07) is 22.6. The number of benzene rings is 3. The van der Waals surface area contributed by atoms with Crippen LogP contribution in [0.4, 0.5) is 0 Å². The normalized spacial score (nSPS) is 11.3. The zero-order chi connectivity index (χ0) is 26.9. The summed E-state index contributed by atoms with van der Waals surface area (Å²) in [5.41, 5.74) is 6.60. The van der Waals surface area contributed by atoms with Gasteiger partial charge < -0.3 is 14.6 Å². The van der Waals surface area contributed by atoms with Gasteiger partial charge in [0.1, 0.15) is 11.6 Å². The molecule has 5 heteroatoms. The quantitative estimate of drug-likeness (QED) is 0.190. The number of aryl methyl sites for hydroxylation is 4. The van der Waals surface area contributed by atoms with E-state index in [2.05, 4.69) is 73.1 Å². The fourth-order valence-corrected chi connectivity index (χ4v) is 4.81. The molecule has 1 heterocycles. The Balaban J connectivity index is 1.27. The number of hydrogen-bond donors (Lipinski definition) is 1. The van der Waals surface area contributed by atoms with Crippen LogP contribution < -0.4 is 10.1 Å². The Morgan fingerprint density at radius 3 is 2.47 bits per heavy atom. The third kappa shape index (κ3) is 7.25. The highest BCUT2D eigenvalue weighted by atomic mass is 16.5. The molecule has 0 unspecified atom stereocenters. The largest absolute Gasteiger partial charge is 0.493 e. The van der Waals surface area contributed by atoms with Crippen molar-refractivity contribution >= 4 is 16.9 Å². The van der Waals surface area contributed by atoms with Gasteiger partial charge in [-0.2, -0.15) is 0 Å². The van der Waals surface area contributed by atoms with Crippen molar-refractivity contribution in [1.29, 1.82) is 0 Å². The van der Waals surface area contributed by atoms with Crippen LogP contribution in [-0.4, -0.2) is 28.6 Å². The Labute approximate surface area is 227 Å². The highest BCUT2D eigenvalue weighted by Gasteiger charge is 2.12. The van der Waals surface area contributed by atoms with Gasteiger partial charge in [0.05, 0.1) is 17.6 Å². The molecule has 0 aliphatic heterocycles. The van der Waals surface area contributed by atoms with Gasteiger partial charge in [-0.3, -0.25) is 4.79 Å². The number of rotatable bonds is 13. The summed E-state index contributed by atoms with van der Waals surface area (Å²) < 4.78 is 8.60. The molecule has 5 nitrogen and oxygen atoms in total. The smallest absolute Gasteiger partial charge is 0.251 e. The van der Waals surface area contributed by atoms with Gasteiger partial charge in [-0.15, -0.1) is 0 Å². The second kappa shape index (κ2) is 13.3. The Morgan fingerprint density at radius 2 is 1.68 bits per heavy atom. The second-order valence-corrected chi connectivity index (χ2v) is 10.5. The summed E-state index contributed by atoms with van der Waals surface area (Å²) in [6.45, 7) is 10.8. The fourth-order valence-electron chi connectivity index (χ4n) is 4.81. The molecule has 0 aliphatic carbocycles. The maximum atomic E-state index is 12.3. The van der Waals surface area contributed by atoms with Gasteiger partial charge in [-0.25, -0.2) is 4.98 Å². The van der Waals surface area contributed by atoms with Crippen LogP contribution in [0.15, 0.2) is 66.7 Å². The van der Waals surface area contributed by atoms with Gasteiger partial charge >= 0.3 is 0 Å². The fraction of sp³-hybridized carbons (Fsp3) is 0.394. The van der Waals surface area contributed by atoms with E-state index >= 15 is 0 Å². The lowest BCUT2D eigenvalue weighted by molar-refractivity contribution is 0.0953. The Morgan fingerprint density at radius 1 is 0.921 bits per heavy atom. The minimum atomic E-state index is 0.000176. The first-order chi connectivity index (χ1) is 18.4. The minimum Gasteiger partial charge on any atom is -0.493 e. The molecular weight excluding hydrogens is 470 g/mol. The molecule has 1 amide bonds. The number of para-hydroxylation sites is 2. The van der Waals surface area contributed by atoms with E-state index in [-0.39, 0.29) is 5.91 Å². The number of hydrogen-bond acceptors (Lipinski definition) is 3. The van der Waals surface area contributed by atoms with Gasteiger partial charge in [0.2, 0.25) is 0 Å².